The molecule has 0 radical (unpaired) electrons. The molecule has 0 rings (SSSR count). The van der Waals surface area contributed by atoms with Crippen molar-refractivity contribution in [3.8, 4) is 6.07 Å². The van der Waals surface area contributed by atoms with Crippen molar-refractivity contribution in [2.45, 2.75) is 13.3 Å². The lowest BCUT2D eigenvalue weighted by molar-refractivity contribution is -0.117. The zero-order valence-corrected chi connectivity index (χ0v) is 10.0. The van der Waals surface area contributed by atoms with Gasteiger partial charge in [0.25, 0.3) is 5.91 Å². The lowest BCUT2D eigenvalue weighted by Gasteiger charge is -2.04. The van der Waals surface area contributed by atoms with E-state index in [9.17, 15) is 4.79 Å². The average Bonchev–Trinajstić information content (AvgIpc) is 2.34. The third-order valence-corrected chi connectivity index (χ3v) is 1.82. The molecule has 96 valence electrons. The summed E-state index contributed by atoms with van der Waals surface area (Å²) in [6, 6.07) is 1.79. The van der Waals surface area contributed by atoms with Gasteiger partial charge in [0.2, 0.25) is 0 Å². The second kappa shape index (κ2) is 10.9. The first-order chi connectivity index (χ1) is 8.26. The van der Waals surface area contributed by atoms with E-state index in [4.69, 9.17) is 15.1 Å². The maximum absolute atomic E-state index is 11.5. The highest BCUT2D eigenvalue weighted by Crippen LogP contribution is 1.90. The Balaban J connectivity index is 3.85. The van der Waals surface area contributed by atoms with Gasteiger partial charge in [-0.15, -0.1) is 0 Å². The van der Waals surface area contributed by atoms with Gasteiger partial charge >= 0.3 is 0 Å². The molecule has 0 aromatic carbocycles. The van der Waals surface area contributed by atoms with E-state index < -0.39 is 5.91 Å². The van der Waals surface area contributed by atoms with Crippen LogP contribution < -0.4 is 10.6 Å². The average molecular weight is 241 g/mol. The largest absolute Gasteiger partial charge is 0.395 e. The molecular formula is C11H19N3O3. The number of carbonyl (C=O) groups excluding carboxylic acids is 1. The van der Waals surface area contributed by atoms with Crippen LogP contribution in [0.5, 0.6) is 0 Å². The standard InChI is InChI=1S/C11H19N3O3/c1-2-17-7-3-4-14-11(16)10(8-12)9-13-5-6-15/h9,13,15H,2-7H2,1H3,(H,14,16)/b10-9-. The molecule has 0 aromatic heterocycles. The van der Waals surface area contributed by atoms with Crippen LogP contribution in [-0.4, -0.2) is 43.9 Å². The Labute approximate surface area is 101 Å². The Morgan fingerprint density at radius 2 is 2.29 bits per heavy atom. The van der Waals surface area contributed by atoms with Crippen LogP contribution in [0.1, 0.15) is 13.3 Å². The molecule has 17 heavy (non-hydrogen) atoms. The maximum atomic E-state index is 11.5. The number of ether oxygens (including phenoxy) is 1. The van der Waals surface area contributed by atoms with Crippen LogP contribution in [0.2, 0.25) is 0 Å². The number of nitrogens with zero attached hydrogens (tertiary/aromatic N) is 1. The van der Waals surface area contributed by atoms with E-state index in [0.717, 1.165) is 0 Å². The van der Waals surface area contributed by atoms with Gasteiger partial charge in [-0.25, -0.2) is 0 Å². The van der Waals surface area contributed by atoms with Gasteiger partial charge in [-0.05, 0) is 13.3 Å². The molecule has 3 N–H and O–H groups in total. The molecule has 0 unspecified atom stereocenters. The van der Waals surface area contributed by atoms with Gasteiger partial charge in [-0.1, -0.05) is 0 Å². The summed E-state index contributed by atoms with van der Waals surface area (Å²) >= 11 is 0. The maximum Gasteiger partial charge on any atom is 0.263 e. The summed E-state index contributed by atoms with van der Waals surface area (Å²) in [5, 5.41) is 22.5. The number of amides is 1. The highest BCUT2D eigenvalue weighted by molar-refractivity contribution is 5.97. The van der Waals surface area contributed by atoms with Crippen LogP contribution in [0.3, 0.4) is 0 Å². The Morgan fingerprint density at radius 3 is 2.88 bits per heavy atom. The zero-order valence-electron chi connectivity index (χ0n) is 10.0. The lowest BCUT2D eigenvalue weighted by Crippen LogP contribution is -2.27. The fraction of sp³-hybridized carbons (Fsp3) is 0.636. The minimum atomic E-state index is -0.422. The van der Waals surface area contributed by atoms with Gasteiger partial charge in [0.1, 0.15) is 11.6 Å². The van der Waals surface area contributed by atoms with Crippen molar-refractivity contribution in [1.29, 1.82) is 5.26 Å². The van der Waals surface area contributed by atoms with E-state index in [1.807, 2.05) is 6.92 Å². The van der Waals surface area contributed by atoms with Crippen LogP contribution in [0.4, 0.5) is 0 Å². The molecule has 0 aliphatic heterocycles. The fourth-order valence-corrected chi connectivity index (χ4v) is 1.00. The Bertz CT molecular complexity index is 284. The van der Waals surface area contributed by atoms with Gasteiger partial charge in [-0.2, -0.15) is 5.26 Å². The molecule has 6 nitrogen and oxygen atoms in total. The normalized spacial score (nSPS) is 10.8. The van der Waals surface area contributed by atoms with Crippen molar-refractivity contribution < 1.29 is 14.6 Å². The summed E-state index contributed by atoms with van der Waals surface area (Å²) in [4.78, 5) is 11.5. The number of aliphatic hydroxyl groups excluding tert-OH is 1. The lowest BCUT2D eigenvalue weighted by atomic mass is 10.3. The van der Waals surface area contributed by atoms with Crippen molar-refractivity contribution in [3.05, 3.63) is 11.8 Å². The van der Waals surface area contributed by atoms with Crippen LogP contribution in [0.25, 0.3) is 0 Å². The van der Waals surface area contributed by atoms with Crippen LogP contribution in [-0.2, 0) is 9.53 Å². The number of carbonyl (C=O) groups is 1. The van der Waals surface area contributed by atoms with Crippen LogP contribution in [0, 0.1) is 11.3 Å². The quantitative estimate of drug-likeness (QED) is 0.288. The van der Waals surface area contributed by atoms with Gasteiger partial charge < -0.3 is 20.5 Å². The topological polar surface area (TPSA) is 94.4 Å². The molecule has 0 aliphatic carbocycles. The molecule has 0 saturated heterocycles. The number of aliphatic hydroxyl groups is 1. The smallest absolute Gasteiger partial charge is 0.263 e. The third-order valence-electron chi connectivity index (χ3n) is 1.82. The predicted octanol–water partition coefficient (Wildman–Crippen LogP) is -0.481. The number of hydrogen-bond donors (Lipinski definition) is 3. The van der Waals surface area contributed by atoms with Crippen LogP contribution >= 0.6 is 0 Å². The van der Waals surface area contributed by atoms with Crippen molar-refractivity contribution in [3.63, 3.8) is 0 Å². The molecule has 0 fully saturated rings. The van der Waals surface area contributed by atoms with E-state index >= 15 is 0 Å². The minimum Gasteiger partial charge on any atom is -0.395 e. The first-order valence-corrected chi connectivity index (χ1v) is 5.56. The predicted molar refractivity (Wildman–Crippen MR) is 62.9 cm³/mol. The molecule has 0 aromatic rings. The summed E-state index contributed by atoms with van der Waals surface area (Å²) in [6.45, 7) is 3.88. The minimum absolute atomic E-state index is 0.00476. The first-order valence-electron chi connectivity index (χ1n) is 5.56. The molecule has 1 amide bonds. The van der Waals surface area contributed by atoms with E-state index in [-0.39, 0.29) is 12.2 Å². The molecule has 6 heteroatoms. The Morgan fingerprint density at radius 1 is 1.53 bits per heavy atom. The second-order valence-corrected chi connectivity index (χ2v) is 3.15. The Hall–Kier alpha value is -1.58. The highest BCUT2D eigenvalue weighted by Gasteiger charge is 2.06. The summed E-state index contributed by atoms with van der Waals surface area (Å²) in [6.07, 6.45) is 2.01. The first kappa shape index (κ1) is 15.4. The number of nitrogens with one attached hydrogen (secondary N) is 2. The second-order valence-electron chi connectivity index (χ2n) is 3.15. The number of rotatable bonds is 9. The molecule has 0 saturated carbocycles. The molecular weight excluding hydrogens is 222 g/mol. The van der Waals surface area contributed by atoms with E-state index in [1.165, 1.54) is 6.20 Å². The number of nitriles is 1. The summed E-state index contributed by atoms with van der Waals surface area (Å²) < 4.78 is 5.11. The van der Waals surface area contributed by atoms with Gasteiger partial charge in [0.05, 0.1) is 6.61 Å². The SMILES string of the molecule is CCOCCCNC(=O)/C(C#N)=C\NCCO. The van der Waals surface area contributed by atoms with Crippen molar-refractivity contribution in [2.24, 2.45) is 0 Å². The van der Waals surface area contributed by atoms with Crippen molar-refractivity contribution >= 4 is 5.91 Å². The molecule has 0 bridgehead atoms. The molecule has 0 spiro atoms. The fourth-order valence-electron chi connectivity index (χ4n) is 1.00. The third kappa shape index (κ3) is 8.25. The monoisotopic (exact) mass is 241 g/mol. The summed E-state index contributed by atoms with van der Waals surface area (Å²) in [5.74, 6) is -0.422. The van der Waals surface area contributed by atoms with E-state index in [1.54, 1.807) is 6.07 Å². The summed E-state index contributed by atoms with van der Waals surface area (Å²) in [5.41, 5.74) is -0.00476. The van der Waals surface area contributed by atoms with Gasteiger partial charge in [0.15, 0.2) is 0 Å². The molecule has 0 heterocycles. The highest BCUT2D eigenvalue weighted by atomic mass is 16.5. The van der Waals surface area contributed by atoms with Crippen molar-refractivity contribution in [2.75, 3.05) is 32.9 Å². The van der Waals surface area contributed by atoms with Gasteiger partial charge in [0, 0.05) is 32.5 Å². The van der Waals surface area contributed by atoms with E-state index in [0.29, 0.717) is 32.7 Å². The molecule has 0 aliphatic rings. The molecule has 0 atom stereocenters. The van der Waals surface area contributed by atoms with E-state index in [2.05, 4.69) is 10.6 Å². The van der Waals surface area contributed by atoms with Crippen molar-refractivity contribution in [1.82, 2.24) is 10.6 Å². The number of hydrogen-bond acceptors (Lipinski definition) is 5. The Kier molecular flexibility index (Phi) is 9.91. The van der Waals surface area contributed by atoms with Crippen LogP contribution in [0.15, 0.2) is 11.8 Å². The zero-order chi connectivity index (χ0) is 12.9. The van der Waals surface area contributed by atoms with Gasteiger partial charge in [-0.3, -0.25) is 4.79 Å². The summed E-state index contributed by atoms with van der Waals surface area (Å²) in [7, 11) is 0.